The van der Waals surface area contributed by atoms with Gasteiger partial charge in [0.25, 0.3) is 5.91 Å². The highest BCUT2D eigenvalue weighted by molar-refractivity contribution is 6.42. The van der Waals surface area contributed by atoms with Crippen LogP contribution in [0.1, 0.15) is 23.2 Å². The summed E-state index contributed by atoms with van der Waals surface area (Å²) in [4.78, 5) is 17.9. The van der Waals surface area contributed by atoms with Crippen molar-refractivity contribution in [3.05, 3.63) is 52.0 Å². The van der Waals surface area contributed by atoms with Gasteiger partial charge in [0.1, 0.15) is 10.8 Å². The average molecular weight is 393 g/mol. The zero-order chi connectivity index (χ0) is 18.7. The minimum absolute atomic E-state index is 0.274. The Labute approximate surface area is 161 Å². The molecule has 2 aromatic carbocycles. The van der Waals surface area contributed by atoms with Gasteiger partial charge in [0.05, 0.1) is 10.7 Å². The first kappa shape index (κ1) is 18.4. The van der Waals surface area contributed by atoms with Crippen LogP contribution in [0.25, 0.3) is 0 Å². The highest BCUT2D eigenvalue weighted by Crippen LogP contribution is 2.39. The Hall–Kier alpha value is -2.44. The number of nitrogens with two attached hydrogens (primary N) is 2. The fourth-order valence-electron chi connectivity index (χ4n) is 2.80. The molecule has 136 valence electrons. The molecule has 4 N–H and O–H groups in total. The van der Waals surface area contributed by atoms with Crippen LogP contribution < -0.4 is 21.1 Å². The molecule has 0 atom stereocenters. The largest absolute Gasteiger partial charge is 0.454 e. The van der Waals surface area contributed by atoms with E-state index in [1.807, 2.05) is 0 Å². The molecular formula is C18H18Cl2N4O2. The van der Waals surface area contributed by atoms with Crippen molar-refractivity contribution in [2.45, 2.75) is 12.8 Å². The minimum Gasteiger partial charge on any atom is -0.454 e. The molecule has 0 bridgehead atoms. The van der Waals surface area contributed by atoms with Crippen LogP contribution in [0.15, 0.2) is 41.4 Å². The molecule has 0 radical (unpaired) electrons. The third-order valence-corrected chi connectivity index (χ3v) is 4.82. The Kier molecular flexibility index (Phi) is 5.54. The molecule has 0 unspecified atom stereocenters. The molecular weight excluding hydrogens is 375 g/mol. The average Bonchev–Trinajstić information content (AvgIpc) is 3.13. The van der Waals surface area contributed by atoms with Gasteiger partial charge >= 0.3 is 0 Å². The van der Waals surface area contributed by atoms with Crippen molar-refractivity contribution >= 4 is 40.8 Å². The van der Waals surface area contributed by atoms with Crippen molar-refractivity contribution in [3.63, 3.8) is 0 Å². The summed E-state index contributed by atoms with van der Waals surface area (Å²) >= 11 is 12.3. The van der Waals surface area contributed by atoms with E-state index in [4.69, 9.17) is 39.4 Å². The number of guanidine groups is 1. The van der Waals surface area contributed by atoms with Gasteiger partial charge in [0.15, 0.2) is 11.7 Å². The van der Waals surface area contributed by atoms with Gasteiger partial charge in [-0.15, -0.1) is 0 Å². The number of carbonyl (C=O) groups is 1. The lowest BCUT2D eigenvalue weighted by Gasteiger charge is -2.22. The molecule has 2 aromatic rings. The van der Waals surface area contributed by atoms with Crippen molar-refractivity contribution in [2.24, 2.45) is 16.5 Å². The maximum absolute atomic E-state index is 12.1. The number of nitrogens with zero attached hydrogens (tertiary/aromatic N) is 2. The van der Waals surface area contributed by atoms with Crippen molar-refractivity contribution in [3.8, 4) is 11.5 Å². The van der Waals surface area contributed by atoms with E-state index in [0.717, 1.165) is 31.6 Å². The molecule has 0 spiro atoms. The monoisotopic (exact) mass is 392 g/mol. The van der Waals surface area contributed by atoms with E-state index in [0.29, 0.717) is 27.1 Å². The lowest BCUT2D eigenvalue weighted by molar-refractivity contribution is 0.100. The van der Waals surface area contributed by atoms with E-state index in [2.05, 4.69) is 9.89 Å². The van der Waals surface area contributed by atoms with Crippen LogP contribution >= 0.6 is 23.2 Å². The molecule has 0 aromatic heterocycles. The van der Waals surface area contributed by atoms with E-state index in [1.165, 1.54) is 0 Å². The number of anilines is 1. The van der Waals surface area contributed by atoms with E-state index in [1.54, 1.807) is 36.4 Å². The molecule has 0 aliphatic carbocycles. The van der Waals surface area contributed by atoms with Gasteiger partial charge in [-0.05, 0) is 43.2 Å². The number of benzene rings is 2. The Morgan fingerprint density at radius 2 is 1.81 bits per heavy atom. The molecule has 0 saturated carbocycles. The quantitative estimate of drug-likeness (QED) is 0.609. The number of ether oxygens (including phenoxy) is 1. The summed E-state index contributed by atoms with van der Waals surface area (Å²) in [6.45, 7) is 1.75. The maximum atomic E-state index is 12.1. The van der Waals surface area contributed by atoms with Crippen molar-refractivity contribution in [1.29, 1.82) is 0 Å². The Balaban J connectivity index is 1.99. The van der Waals surface area contributed by atoms with Crippen LogP contribution in [0.5, 0.6) is 11.5 Å². The lowest BCUT2D eigenvalue weighted by Crippen LogP contribution is -2.24. The minimum atomic E-state index is -0.502. The highest BCUT2D eigenvalue weighted by Gasteiger charge is 2.20. The smallest absolute Gasteiger partial charge is 0.280 e. The maximum Gasteiger partial charge on any atom is 0.280 e. The predicted octanol–water partition coefficient (Wildman–Crippen LogP) is 3.80. The molecule has 1 aliphatic heterocycles. The number of halogens is 2. The normalized spacial score (nSPS) is 13.5. The van der Waals surface area contributed by atoms with Crippen molar-refractivity contribution < 1.29 is 9.53 Å². The summed E-state index contributed by atoms with van der Waals surface area (Å²) in [6, 6.07) is 10.2. The van der Waals surface area contributed by atoms with Crippen LogP contribution in [0.2, 0.25) is 10.0 Å². The van der Waals surface area contributed by atoms with E-state index >= 15 is 0 Å². The number of carbonyl (C=O) groups excluding carboxylic acids is 1. The second-order valence-corrected chi connectivity index (χ2v) is 6.66. The summed E-state index contributed by atoms with van der Waals surface area (Å²) < 4.78 is 5.99. The summed E-state index contributed by atoms with van der Waals surface area (Å²) in [5, 5.41) is 0.744. The zero-order valence-electron chi connectivity index (χ0n) is 13.9. The highest BCUT2D eigenvalue weighted by atomic mass is 35.5. The van der Waals surface area contributed by atoms with E-state index in [-0.39, 0.29) is 5.96 Å². The van der Waals surface area contributed by atoms with Gasteiger partial charge in [0, 0.05) is 18.7 Å². The molecule has 3 rings (SSSR count). The van der Waals surface area contributed by atoms with Crippen LogP contribution in [0.4, 0.5) is 5.69 Å². The number of rotatable bonds is 4. The van der Waals surface area contributed by atoms with Crippen LogP contribution in [-0.4, -0.2) is 25.0 Å². The van der Waals surface area contributed by atoms with Gasteiger partial charge in [-0.3, -0.25) is 4.79 Å². The topological polar surface area (TPSA) is 93.9 Å². The Morgan fingerprint density at radius 3 is 2.50 bits per heavy atom. The predicted molar refractivity (Wildman–Crippen MR) is 105 cm³/mol. The molecule has 1 saturated heterocycles. The third kappa shape index (κ3) is 4.03. The van der Waals surface area contributed by atoms with Crippen LogP contribution in [0.3, 0.4) is 0 Å². The lowest BCUT2D eigenvalue weighted by atomic mass is 10.1. The fraction of sp³-hybridized carbons (Fsp3) is 0.222. The van der Waals surface area contributed by atoms with Gasteiger partial charge < -0.3 is 21.1 Å². The van der Waals surface area contributed by atoms with Crippen molar-refractivity contribution in [1.82, 2.24) is 0 Å². The fourth-order valence-corrected chi connectivity index (χ4v) is 3.14. The van der Waals surface area contributed by atoms with Gasteiger partial charge in [0.2, 0.25) is 0 Å². The van der Waals surface area contributed by atoms with Gasteiger partial charge in [-0.2, -0.15) is 4.99 Å². The van der Waals surface area contributed by atoms with E-state index in [9.17, 15) is 4.79 Å². The molecule has 8 heteroatoms. The first-order valence-corrected chi connectivity index (χ1v) is 8.86. The van der Waals surface area contributed by atoms with Crippen LogP contribution in [-0.2, 0) is 0 Å². The van der Waals surface area contributed by atoms with Gasteiger partial charge in [-0.1, -0.05) is 29.3 Å². The zero-order valence-corrected chi connectivity index (χ0v) is 15.4. The summed E-state index contributed by atoms with van der Waals surface area (Å²) in [6.07, 6.45) is 2.15. The standard InChI is InChI=1S/C18H18Cl2N4O2/c19-12-4-3-5-15(16(12)20)26-14-7-6-11(17(25)23-18(21)22)10-13(14)24-8-1-2-9-24/h3-7,10H,1-2,8-9H2,(H4,21,22,23,25). The van der Waals surface area contributed by atoms with Crippen LogP contribution in [0, 0.1) is 0 Å². The second kappa shape index (κ2) is 7.85. The molecule has 1 aliphatic rings. The summed E-state index contributed by atoms with van der Waals surface area (Å²) in [5.41, 5.74) is 11.8. The first-order valence-electron chi connectivity index (χ1n) is 8.10. The van der Waals surface area contributed by atoms with Gasteiger partial charge in [-0.25, -0.2) is 0 Å². The van der Waals surface area contributed by atoms with Crippen molar-refractivity contribution in [2.75, 3.05) is 18.0 Å². The number of amides is 1. The Bertz CT molecular complexity index is 860. The molecule has 6 nitrogen and oxygen atoms in total. The Morgan fingerprint density at radius 1 is 1.08 bits per heavy atom. The first-order chi connectivity index (χ1) is 12.5. The molecule has 1 heterocycles. The third-order valence-electron chi connectivity index (χ3n) is 4.02. The molecule has 26 heavy (non-hydrogen) atoms. The number of aliphatic imine (C=N–C) groups is 1. The summed E-state index contributed by atoms with van der Waals surface area (Å²) in [5.74, 6) is 0.252. The summed E-state index contributed by atoms with van der Waals surface area (Å²) in [7, 11) is 0. The second-order valence-electron chi connectivity index (χ2n) is 5.87. The number of hydrogen-bond donors (Lipinski definition) is 2. The molecule has 1 fully saturated rings. The molecule has 1 amide bonds. The SMILES string of the molecule is NC(N)=NC(=O)c1ccc(Oc2cccc(Cl)c2Cl)c(N2CCCC2)c1. The van der Waals surface area contributed by atoms with E-state index < -0.39 is 5.91 Å². The number of hydrogen-bond acceptors (Lipinski definition) is 3.